The van der Waals surface area contributed by atoms with Crippen LogP contribution in [0.5, 0.6) is 0 Å². The molecule has 28 heavy (non-hydrogen) atoms. The number of aromatic nitrogens is 1. The van der Waals surface area contributed by atoms with E-state index >= 15 is 0 Å². The number of benzene rings is 1. The number of carbonyl (C=O) groups is 2. The van der Waals surface area contributed by atoms with Gasteiger partial charge in [0.15, 0.2) is 0 Å². The molecular weight excluding hydrogens is 372 g/mol. The normalized spacial score (nSPS) is 17.1. The first-order chi connectivity index (χ1) is 13.5. The summed E-state index contributed by atoms with van der Waals surface area (Å²) in [6.07, 6.45) is 3.52. The maximum absolute atomic E-state index is 12.7. The molecule has 1 aliphatic rings. The summed E-state index contributed by atoms with van der Waals surface area (Å²) in [5.41, 5.74) is 3.42. The van der Waals surface area contributed by atoms with Crippen molar-refractivity contribution < 1.29 is 9.59 Å². The van der Waals surface area contributed by atoms with Crippen LogP contribution in [0.3, 0.4) is 0 Å². The van der Waals surface area contributed by atoms with Gasteiger partial charge in [-0.15, -0.1) is 11.3 Å². The van der Waals surface area contributed by atoms with Crippen LogP contribution in [0.4, 0.5) is 4.79 Å². The van der Waals surface area contributed by atoms with Gasteiger partial charge in [0.2, 0.25) is 0 Å². The Balaban J connectivity index is 1.49. The molecule has 2 N–H and O–H groups in total. The Bertz CT molecular complexity index is 993. The zero-order valence-corrected chi connectivity index (χ0v) is 16.9. The average Bonchev–Trinajstić information content (AvgIpc) is 3.37. The van der Waals surface area contributed by atoms with Crippen LogP contribution in [0.2, 0.25) is 0 Å². The third kappa shape index (κ3) is 3.81. The molecule has 3 amide bonds. The van der Waals surface area contributed by atoms with Crippen LogP contribution in [-0.2, 0) is 24.2 Å². The quantitative estimate of drug-likeness (QED) is 0.603. The Morgan fingerprint density at radius 1 is 1.21 bits per heavy atom. The average molecular weight is 397 g/mol. The molecule has 0 bridgehead atoms. The number of hydrogen-bond acceptors (Lipinski definition) is 4. The molecule has 1 unspecified atom stereocenters. The Morgan fingerprint density at radius 2 is 2.07 bits per heavy atom. The van der Waals surface area contributed by atoms with E-state index in [9.17, 15) is 9.59 Å². The van der Waals surface area contributed by atoms with E-state index in [1.165, 1.54) is 15.8 Å². The standard InChI is InChI=1S/C21H24N4O2S/c1-24(2)8-7-15-12-22-18-6-5-14(10-17(15)18)11-19-20(26)25(21(27)23-19)13-16-4-3-9-28-16/h3-6,9-10,12,19,22H,7-8,11,13H2,1-2H3,(H,23,27). The van der Waals surface area contributed by atoms with Crippen molar-refractivity contribution in [2.24, 2.45) is 0 Å². The predicted octanol–water partition coefficient (Wildman–Crippen LogP) is 3.00. The zero-order chi connectivity index (χ0) is 19.7. The minimum Gasteiger partial charge on any atom is -0.361 e. The minimum absolute atomic E-state index is 0.152. The van der Waals surface area contributed by atoms with Crippen molar-refractivity contribution in [3.63, 3.8) is 0 Å². The second kappa shape index (κ2) is 7.77. The van der Waals surface area contributed by atoms with Gasteiger partial charge in [0.05, 0.1) is 6.54 Å². The van der Waals surface area contributed by atoms with Crippen molar-refractivity contribution in [1.29, 1.82) is 0 Å². The van der Waals surface area contributed by atoms with Crippen molar-refractivity contribution in [3.05, 3.63) is 57.9 Å². The smallest absolute Gasteiger partial charge is 0.325 e. The molecule has 0 aliphatic carbocycles. The van der Waals surface area contributed by atoms with Gasteiger partial charge in [-0.3, -0.25) is 9.69 Å². The van der Waals surface area contributed by atoms with E-state index in [-0.39, 0.29) is 11.9 Å². The van der Waals surface area contributed by atoms with Crippen molar-refractivity contribution in [2.45, 2.75) is 25.4 Å². The largest absolute Gasteiger partial charge is 0.361 e. The van der Waals surface area contributed by atoms with Crippen molar-refractivity contribution in [2.75, 3.05) is 20.6 Å². The van der Waals surface area contributed by atoms with Crippen LogP contribution in [-0.4, -0.2) is 53.4 Å². The monoisotopic (exact) mass is 396 g/mol. The van der Waals surface area contributed by atoms with Crippen LogP contribution < -0.4 is 5.32 Å². The van der Waals surface area contributed by atoms with Gasteiger partial charge < -0.3 is 15.2 Å². The second-order valence-electron chi connectivity index (χ2n) is 7.46. The molecule has 1 aromatic carbocycles. The summed E-state index contributed by atoms with van der Waals surface area (Å²) in [6, 6.07) is 9.26. The number of likely N-dealkylation sites (N-methyl/N-ethyl adjacent to an activating group) is 1. The number of amides is 3. The molecule has 1 fully saturated rings. The zero-order valence-electron chi connectivity index (χ0n) is 16.1. The molecule has 146 valence electrons. The van der Waals surface area contributed by atoms with E-state index in [1.807, 2.05) is 23.6 Å². The van der Waals surface area contributed by atoms with E-state index in [1.54, 1.807) is 11.3 Å². The van der Waals surface area contributed by atoms with Crippen molar-refractivity contribution in [1.82, 2.24) is 20.1 Å². The third-order valence-corrected chi connectivity index (χ3v) is 5.96. The summed E-state index contributed by atoms with van der Waals surface area (Å²) in [4.78, 5) is 32.8. The van der Waals surface area contributed by atoms with Gasteiger partial charge in [-0.1, -0.05) is 12.1 Å². The molecule has 7 heteroatoms. The topological polar surface area (TPSA) is 68.4 Å². The van der Waals surface area contributed by atoms with Gasteiger partial charge in [0.1, 0.15) is 6.04 Å². The summed E-state index contributed by atoms with van der Waals surface area (Å²) in [5, 5.41) is 5.98. The number of imide groups is 1. The molecule has 6 nitrogen and oxygen atoms in total. The number of H-pyrrole nitrogens is 1. The first-order valence-electron chi connectivity index (χ1n) is 9.39. The van der Waals surface area contributed by atoms with E-state index in [0.29, 0.717) is 13.0 Å². The van der Waals surface area contributed by atoms with Crippen molar-refractivity contribution >= 4 is 34.2 Å². The Hall–Kier alpha value is -2.64. The summed E-state index contributed by atoms with van der Waals surface area (Å²) in [5.74, 6) is -0.152. The number of fused-ring (bicyclic) bond motifs is 1. The maximum atomic E-state index is 12.7. The van der Waals surface area contributed by atoms with Crippen LogP contribution in [0.15, 0.2) is 41.9 Å². The molecule has 1 atom stereocenters. The number of rotatable bonds is 7. The van der Waals surface area contributed by atoms with E-state index < -0.39 is 6.04 Å². The molecule has 1 saturated heterocycles. The number of hydrogen-bond donors (Lipinski definition) is 2. The van der Waals surface area contributed by atoms with E-state index in [4.69, 9.17) is 0 Å². The highest BCUT2D eigenvalue weighted by Gasteiger charge is 2.37. The maximum Gasteiger partial charge on any atom is 0.325 e. The summed E-state index contributed by atoms with van der Waals surface area (Å²) < 4.78 is 0. The van der Waals surface area contributed by atoms with Crippen LogP contribution in [0.1, 0.15) is 16.0 Å². The molecule has 2 aromatic heterocycles. The molecule has 4 rings (SSSR count). The van der Waals surface area contributed by atoms with Gasteiger partial charge >= 0.3 is 6.03 Å². The lowest BCUT2D eigenvalue weighted by Gasteiger charge is -2.12. The van der Waals surface area contributed by atoms with Gasteiger partial charge in [-0.25, -0.2) is 4.79 Å². The van der Waals surface area contributed by atoms with Crippen LogP contribution in [0.25, 0.3) is 10.9 Å². The highest BCUT2D eigenvalue weighted by Crippen LogP contribution is 2.23. The number of aromatic amines is 1. The molecule has 0 saturated carbocycles. The highest BCUT2D eigenvalue weighted by atomic mass is 32.1. The SMILES string of the molecule is CN(C)CCc1c[nH]c2ccc(CC3NC(=O)N(Cc4cccs4)C3=O)cc12. The fraction of sp³-hybridized carbons (Fsp3) is 0.333. The highest BCUT2D eigenvalue weighted by molar-refractivity contribution is 7.09. The lowest BCUT2D eigenvalue weighted by molar-refractivity contribution is -0.127. The second-order valence-corrected chi connectivity index (χ2v) is 8.49. The first-order valence-corrected chi connectivity index (χ1v) is 10.3. The van der Waals surface area contributed by atoms with Crippen LogP contribution in [0, 0.1) is 0 Å². The fourth-order valence-electron chi connectivity index (χ4n) is 3.56. The minimum atomic E-state index is -0.505. The number of carbonyl (C=O) groups excluding carboxylic acids is 2. The first kappa shape index (κ1) is 18.7. The predicted molar refractivity (Wildman–Crippen MR) is 111 cm³/mol. The molecule has 3 heterocycles. The number of nitrogens with zero attached hydrogens (tertiary/aromatic N) is 2. The Morgan fingerprint density at radius 3 is 2.82 bits per heavy atom. The summed E-state index contributed by atoms with van der Waals surface area (Å²) in [7, 11) is 4.13. The lowest BCUT2D eigenvalue weighted by Crippen LogP contribution is -2.32. The van der Waals surface area contributed by atoms with Gasteiger partial charge in [0, 0.05) is 34.9 Å². The molecule has 0 spiro atoms. The third-order valence-electron chi connectivity index (χ3n) is 5.10. The summed E-state index contributed by atoms with van der Waals surface area (Å²) >= 11 is 1.55. The molecule has 1 aliphatic heterocycles. The lowest BCUT2D eigenvalue weighted by atomic mass is 10.0. The summed E-state index contributed by atoms with van der Waals surface area (Å²) in [6.45, 7) is 1.32. The Labute approximate surface area is 168 Å². The Kier molecular flexibility index (Phi) is 5.19. The van der Waals surface area contributed by atoms with E-state index in [2.05, 4.69) is 47.6 Å². The number of nitrogens with one attached hydrogen (secondary N) is 2. The number of thiophene rings is 1. The van der Waals surface area contributed by atoms with Crippen LogP contribution >= 0.6 is 11.3 Å². The molecular formula is C21H24N4O2S. The van der Waals surface area contributed by atoms with Crippen molar-refractivity contribution in [3.8, 4) is 0 Å². The van der Waals surface area contributed by atoms with E-state index in [0.717, 1.165) is 28.9 Å². The van der Waals surface area contributed by atoms with Gasteiger partial charge in [-0.2, -0.15) is 0 Å². The number of urea groups is 1. The molecule has 0 radical (unpaired) electrons. The van der Waals surface area contributed by atoms with Gasteiger partial charge in [0.25, 0.3) is 5.91 Å². The van der Waals surface area contributed by atoms with Gasteiger partial charge in [-0.05, 0) is 55.2 Å². The molecule has 3 aromatic rings. The fourth-order valence-corrected chi connectivity index (χ4v) is 4.26.